The molecule has 4 rings (SSSR count). The number of aromatic nitrogens is 3. The standard InChI is InChI=1S/C15H13BrN4OS2/c1-18(8-10-6-7-13(16)21-10)9-19-15(22)20-11-4-2-3-5-12(11)23-14(20)17-19/h2-7H,8-9H2,1H3. The van der Waals surface area contributed by atoms with Crippen molar-refractivity contribution in [1.29, 1.82) is 0 Å². The maximum Gasteiger partial charge on any atom is 0.216 e. The number of fused-ring (bicyclic) bond motifs is 3. The second-order valence-corrected chi connectivity index (χ2v) is 7.49. The number of nitrogens with zero attached hydrogens (tertiary/aromatic N) is 4. The van der Waals surface area contributed by atoms with Gasteiger partial charge in [0.15, 0.2) is 4.67 Å². The van der Waals surface area contributed by atoms with Gasteiger partial charge in [-0.05, 0) is 59.5 Å². The van der Waals surface area contributed by atoms with Crippen LogP contribution in [0.2, 0.25) is 0 Å². The van der Waals surface area contributed by atoms with Crippen LogP contribution in [0.1, 0.15) is 5.76 Å². The molecule has 23 heavy (non-hydrogen) atoms. The van der Waals surface area contributed by atoms with Gasteiger partial charge in [0, 0.05) is 0 Å². The van der Waals surface area contributed by atoms with Gasteiger partial charge in [-0.25, -0.2) is 4.68 Å². The highest BCUT2D eigenvalue weighted by molar-refractivity contribution is 9.10. The number of hydrogen-bond acceptors (Lipinski definition) is 5. The van der Waals surface area contributed by atoms with Crippen LogP contribution in [0.15, 0.2) is 45.5 Å². The summed E-state index contributed by atoms with van der Waals surface area (Å²) < 4.78 is 12.1. The van der Waals surface area contributed by atoms with Gasteiger partial charge in [-0.15, -0.1) is 5.10 Å². The Labute approximate surface area is 149 Å². The van der Waals surface area contributed by atoms with E-state index in [0.717, 1.165) is 20.9 Å². The quantitative estimate of drug-likeness (QED) is 0.465. The zero-order valence-electron chi connectivity index (χ0n) is 12.3. The summed E-state index contributed by atoms with van der Waals surface area (Å²) in [5, 5.41) is 4.65. The van der Waals surface area contributed by atoms with Crippen LogP contribution in [-0.4, -0.2) is 26.1 Å². The molecule has 3 aromatic heterocycles. The molecule has 5 nitrogen and oxygen atoms in total. The maximum atomic E-state index is 5.61. The molecule has 3 heterocycles. The highest BCUT2D eigenvalue weighted by Crippen LogP contribution is 2.25. The van der Waals surface area contributed by atoms with Crippen LogP contribution in [0.5, 0.6) is 0 Å². The van der Waals surface area contributed by atoms with Crippen LogP contribution in [0, 0.1) is 4.77 Å². The minimum atomic E-state index is 0.611. The molecule has 1 aromatic carbocycles. The lowest BCUT2D eigenvalue weighted by atomic mass is 10.3. The molecule has 118 valence electrons. The normalized spacial score (nSPS) is 12.0. The minimum Gasteiger partial charge on any atom is -0.453 e. The summed E-state index contributed by atoms with van der Waals surface area (Å²) in [5.74, 6) is 0.900. The van der Waals surface area contributed by atoms with Gasteiger partial charge in [0.25, 0.3) is 0 Å². The van der Waals surface area contributed by atoms with E-state index in [0.29, 0.717) is 18.0 Å². The van der Waals surface area contributed by atoms with Gasteiger partial charge < -0.3 is 4.42 Å². The van der Waals surface area contributed by atoms with Crippen LogP contribution in [-0.2, 0) is 13.2 Å². The van der Waals surface area contributed by atoms with Crippen LogP contribution in [0.4, 0.5) is 0 Å². The molecule has 0 atom stereocenters. The van der Waals surface area contributed by atoms with E-state index in [1.165, 1.54) is 4.70 Å². The first kappa shape index (κ1) is 15.1. The minimum absolute atomic E-state index is 0.611. The van der Waals surface area contributed by atoms with Crippen molar-refractivity contribution in [1.82, 2.24) is 19.1 Å². The highest BCUT2D eigenvalue weighted by Gasteiger charge is 2.12. The van der Waals surface area contributed by atoms with Gasteiger partial charge in [-0.1, -0.05) is 23.5 Å². The van der Waals surface area contributed by atoms with Gasteiger partial charge in [-0.2, -0.15) is 0 Å². The largest absolute Gasteiger partial charge is 0.453 e. The predicted octanol–water partition coefficient (Wildman–Crippen LogP) is 4.52. The van der Waals surface area contributed by atoms with Crippen molar-refractivity contribution < 1.29 is 4.42 Å². The zero-order chi connectivity index (χ0) is 16.0. The topological polar surface area (TPSA) is 38.6 Å². The second kappa shape index (κ2) is 5.86. The summed E-state index contributed by atoms with van der Waals surface area (Å²) in [5.41, 5.74) is 1.11. The number of rotatable bonds is 4. The van der Waals surface area contributed by atoms with E-state index in [-0.39, 0.29) is 0 Å². The van der Waals surface area contributed by atoms with Crippen molar-refractivity contribution >= 4 is 54.7 Å². The van der Waals surface area contributed by atoms with Crippen LogP contribution >= 0.6 is 39.5 Å². The Morgan fingerprint density at radius 2 is 2.13 bits per heavy atom. The van der Waals surface area contributed by atoms with Crippen molar-refractivity contribution in [2.45, 2.75) is 13.2 Å². The van der Waals surface area contributed by atoms with Gasteiger partial charge in [0.2, 0.25) is 9.73 Å². The fourth-order valence-electron chi connectivity index (χ4n) is 2.56. The third kappa shape index (κ3) is 2.76. The van der Waals surface area contributed by atoms with E-state index in [4.69, 9.17) is 16.6 Å². The molecule has 0 saturated heterocycles. The number of hydrogen-bond donors (Lipinski definition) is 0. The molecule has 0 bridgehead atoms. The Bertz CT molecular complexity index is 1040. The van der Waals surface area contributed by atoms with E-state index in [9.17, 15) is 0 Å². The lowest BCUT2D eigenvalue weighted by Gasteiger charge is -2.14. The Morgan fingerprint density at radius 3 is 2.91 bits per heavy atom. The first-order valence-electron chi connectivity index (χ1n) is 7.02. The van der Waals surface area contributed by atoms with E-state index in [1.54, 1.807) is 11.3 Å². The van der Waals surface area contributed by atoms with Crippen molar-refractivity contribution in [2.75, 3.05) is 7.05 Å². The Hall–Kier alpha value is -1.48. The predicted molar refractivity (Wildman–Crippen MR) is 97.3 cm³/mol. The fourth-order valence-corrected chi connectivity index (χ4v) is 4.26. The van der Waals surface area contributed by atoms with Crippen LogP contribution < -0.4 is 0 Å². The number of benzene rings is 1. The number of halogens is 1. The molecule has 0 aliphatic heterocycles. The molecule has 0 spiro atoms. The molecular formula is C15H13BrN4OS2. The summed E-state index contributed by atoms with van der Waals surface area (Å²) in [6, 6.07) is 12.1. The third-order valence-corrected chi connectivity index (χ3v) is 5.38. The maximum absolute atomic E-state index is 5.61. The molecule has 0 aliphatic rings. The molecule has 0 saturated carbocycles. The third-order valence-electron chi connectivity index (χ3n) is 3.55. The Morgan fingerprint density at radius 1 is 1.30 bits per heavy atom. The first-order chi connectivity index (χ1) is 11.1. The van der Waals surface area contributed by atoms with Gasteiger partial charge >= 0.3 is 0 Å². The molecule has 0 unspecified atom stereocenters. The summed E-state index contributed by atoms with van der Waals surface area (Å²) in [4.78, 5) is 3.03. The molecule has 0 aliphatic carbocycles. The summed E-state index contributed by atoms with van der Waals surface area (Å²) in [6.07, 6.45) is 0. The van der Waals surface area contributed by atoms with Crippen molar-refractivity contribution in [3.05, 3.63) is 51.6 Å². The Kier molecular flexibility index (Phi) is 3.84. The van der Waals surface area contributed by atoms with Gasteiger partial charge in [0.1, 0.15) is 5.76 Å². The average molecular weight is 409 g/mol. The fraction of sp³-hybridized carbons (Fsp3) is 0.200. The number of para-hydroxylation sites is 1. The van der Waals surface area contributed by atoms with E-state index in [2.05, 4.69) is 38.1 Å². The van der Waals surface area contributed by atoms with Gasteiger partial charge in [-0.3, -0.25) is 9.30 Å². The van der Waals surface area contributed by atoms with E-state index in [1.807, 2.05) is 40.4 Å². The molecule has 4 aromatic rings. The van der Waals surface area contributed by atoms with E-state index < -0.39 is 0 Å². The molecule has 0 fully saturated rings. The average Bonchev–Trinajstić information content (AvgIpc) is 3.16. The second-order valence-electron chi connectivity index (χ2n) is 5.33. The van der Waals surface area contributed by atoms with Gasteiger partial charge in [0.05, 0.1) is 23.4 Å². The SMILES string of the molecule is CN(Cc1ccc(Br)o1)Cn1nc2sc3ccccc3n2c1=S. The summed E-state index contributed by atoms with van der Waals surface area (Å²) in [6.45, 7) is 1.30. The molecule has 0 amide bonds. The molecule has 0 N–H and O–H groups in total. The number of thiazole rings is 1. The van der Waals surface area contributed by atoms with Crippen LogP contribution in [0.3, 0.4) is 0 Å². The highest BCUT2D eigenvalue weighted by atomic mass is 79.9. The lowest BCUT2D eigenvalue weighted by Crippen LogP contribution is -2.22. The lowest BCUT2D eigenvalue weighted by molar-refractivity contribution is 0.225. The summed E-state index contributed by atoms with van der Waals surface area (Å²) in [7, 11) is 2.02. The monoisotopic (exact) mass is 408 g/mol. The van der Waals surface area contributed by atoms with Crippen molar-refractivity contribution in [2.24, 2.45) is 0 Å². The van der Waals surface area contributed by atoms with Crippen molar-refractivity contribution in [3.8, 4) is 0 Å². The van der Waals surface area contributed by atoms with Crippen molar-refractivity contribution in [3.63, 3.8) is 0 Å². The van der Waals surface area contributed by atoms with Crippen LogP contribution in [0.25, 0.3) is 15.2 Å². The molecule has 0 radical (unpaired) electrons. The summed E-state index contributed by atoms with van der Waals surface area (Å²) >= 11 is 10.6. The Balaban J connectivity index is 1.64. The molecule has 8 heteroatoms. The zero-order valence-corrected chi connectivity index (χ0v) is 15.5. The smallest absolute Gasteiger partial charge is 0.216 e. The molecular weight excluding hydrogens is 396 g/mol. The number of furan rings is 1. The van der Waals surface area contributed by atoms with E-state index >= 15 is 0 Å². The first-order valence-corrected chi connectivity index (χ1v) is 9.03.